The molecule has 0 saturated carbocycles. The SMILES string of the molecule is CSCCC(NC(=O)C(NC(=O)C(CS)NC(=O)C(N)C(C)C)C(C)O)C(=O)O. The predicted octanol–water partition coefficient (Wildman–Crippen LogP) is -1.43. The molecule has 0 bridgehead atoms. The summed E-state index contributed by atoms with van der Waals surface area (Å²) in [6.45, 7) is 4.79. The molecule has 0 aromatic rings. The first-order valence-electron chi connectivity index (χ1n) is 9.13. The first-order valence-corrected chi connectivity index (χ1v) is 11.2. The number of nitrogens with one attached hydrogen (secondary N) is 3. The van der Waals surface area contributed by atoms with Gasteiger partial charge in [-0.05, 0) is 31.3 Å². The molecular weight excluding hydrogens is 420 g/mol. The zero-order valence-corrected chi connectivity index (χ0v) is 18.8. The second-order valence-corrected chi connectivity index (χ2v) is 8.27. The Morgan fingerprint density at radius 2 is 1.55 bits per heavy atom. The van der Waals surface area contributed by atoms with E-state index < -0.39 is 54.0 Å². The Kier molecular flexibility index (Phi) is 13.0. The van der Waals surface area contributed by atoms with Gasteiger partial charge in [-0.15, -0.1) is 0 Å². The summed E-state index contributed by atoms with van der Waals surface area (Å²) in [6, 6.07) is -4.47. The number of amides is 3. The maximum Gasteiger partial charge on any atom is 0.326 e. The highest BCUT2D eigenvalue weighted by Crippen LogP contribution is 2.04. The predicted molar refractivity (Wildman–Crippen MR) is 115 cm³/mol. The highest BCUT2D eigenvalue weighted by Gasteiger charge is 2.32. The van der Waals surface area contributed by atoms with Gasteiger partial charge >= 0.3 is 5.97 Å². The summed E-state index contributed by atoms with van der Waals surface area (Å²) in [7, 11) is 0. The van der Waals surface area contributed by atoms with Crippen LogP contribution >= 0.6 is 24.4 Å². The van der Waals surface area contributed by atoms with E-state index in [1.54, 1.807) is 20.1 Å². The van der Waals surface area contributed by atoms with Gasteiger partial charge in [0.05, 0.1) is 12.1 Å². The summed E-state index contributed by atoms with van der Waals surface area (Å²) in [6.07, 6.45) is 0.685. The fourth-order valence-corrected chi connectivity index (χ4v) is 2.91. The highest BCUT2D eigenvalue weighted by molar-refractivity contribution is 7.98. The van der Waals surface area contributed by atoms with Gasteiger partial charge in [0.1, 0.15) is 18.1 Å². The van der Waals surface area contributed by atoms with E-state index in [0.717, 1.165) is 0 Å². The van der Waals surface area contributed by atoms with Gasteiger partial charge in [0.2, 0.25) is 17.7 Å². The van der Waals surface area contributed by atoms with Crippen molar-refractivity contribution in [2.24, 2.45) is 11.7 Å². The normalized spacial score (nSPS) is 16.3. The number of rotatable bonds is 13. The quantitative estimate of drug-likeness (QED) is 0.167. The Labute approximate surface area is 180 Å². The molecule has 0 rings (SSSR count). The van der Waals surface area contributed by atoms with Gasteiger partial charge in [-0.3, -0.25) is 14.4 Å². The molecule has 7 N–H and O–H groups in total. The zero-order chi connectivity index (χ0) is 22.7. The minimum absolute atomic E-state index is 0.0674. The lowest BCUT2D eigenvalue weighted by Crippen LogP contribution is -2.60. The number of nitrogens with two attached hydrogens (primary N) is 1. The first-order chi connectivity index (χ1) is 13.5. The third-order valence-corrected chi connectivity index (χ3v) is 5.13. The molecule has 0 aliphatic heterocycles. The average molecular weight is 453 g/mol. The summed E-state index contributed by atoms with van der Waals surface area (Å²) >= 11 is 5.46. The van der Waals surface area contributed by atoms with Crippen LogP contribution in [0.25, 0.3) is 0 Å². The number of carboxylic acid groups (broad SMARTS) is 1. The number of thiol groups is 1. The molecule has 5 unspecified atom stereocenters. The van der Waals surface area contributed by atoms with Crippen LogP contribution in [0.5, 0.6) is 0 Å². The minimum atomic E-state index is -1.41. The number of carbonyl (C=O) groups is 4. The van der Waals surface area contributed by atoms with Gasteiger partial charge in [0.15, 0.2) is 0 Å². The van der Waals surface area contributed by atoms with E-state index in [9.17, 15) is 29.4 Å². The Bertz CT molecular complexity index is 576. The van der Waals surface area contributed by atoms with Crippen LogP contribution in [0.15, 0.2) is 0 Å². The molecule has 168 valence electrons. The molecule has 0 saturated heterocycles. The van der Waals surface area contributed by atoms with Gasteiger partial charge in [-0.2, -0.15) is 24.4 Å². The third kappa shape index (κ3) is 9.70. The number of hydrogen-bond donors (Lipinski definition) is 7. The summed E-state index contributed by atoms with van der Waals surface area (Å²) in [5, 5.41) is 26.2. The second-order valence-electron chi connectivity index (χ2n) is 6.92. The molecule has 10 nitrogen and oxygen atoms in total. The lowest BCUT2D eigenvalue weighted by Gasteiger charge is -2.26. The molecule has 12 heteroatoms. The van der Waals surface area contributed by atoms with Gasteiger partial charge < -0.3 is 31.9 Å². The van der Waals surface area contributed by atoms with E-state index in [1.165, 1.54) is 18.7 Å². The average Bonchev–Trinajstić information content (AvgIpc) is 2.65. The van der Waals surface area contributed by atoms with Gasteiger partial charge in [0, 0.05) is 5.75 Å². The van der Waals surface area contributed by atoms with E-state index in [4.69, 9.17) is 5.73 Å². The standard InChI is InChI=1S/C17H32N4O6S2/c1-8(2)12(18)15(24)20-11(7-28)14(23)21-13(9(3)22)16(25)19-10(17(26)27)5-6-29-4/h8-13,22,28H,5-7,18H2,1-4H3,(H,19,25)(H,20,24)(H,21,23)(H,26,27). The van der Waals surface area contributed by atoms with E-state index in [-0.39, 0.29) is 18.1 Å². The smallest absolute Gasteiger partial charge is 0.326 e. The number of aliphatic hydroxyl groups is 1. The maximum absolute atomic E-state index is 12.5. The van der Waals surface area contributed by atoms with Crippen LogP contribution < -0.4 is 21.7 Å². The number of aliphatic carboxylic acids is 1. The fraction of sp³-hybridized carbons (Fsp3) is 0.765. The molecule has 0 aliphatic rings. The number of carboxylic acids is 1. The molecular formula is C17H32N4O6S2. The van der Waals surface area contributed by atoms with Crippen molar-refractivity contribution in [3.63, 3.8) is 0 Å². The second kappa shape index (κ2) is 13.7. The van der Waals surface area contributed by atoms with Crippen molar-refractivity contribution in [3.8, 4) is 0 Å². The van der Waals surface area contributed by atoms with Crippen LogP contribution in [0.2, 0.25) is 0 Å². The van der Waals surface area contributed by atoms with Crippen LogP contribution in [-0.2, 0) is 19.2 Å². The van der Waals surface area contributed by atoms with E-state index in [2.05, 4.69) is 28.6 Å². The lowest BCUT2D eigenvalue weighted by molar-refractivity contribution is -0.143. The van der Waals surface area contributed by atoms with Crippen LogP contribution in [0, 0.1) is 5.92 Å². The first kappa shape index (κ1) is 27.5. The van der Waals surface area contributed by atoms with E-state index in [0.29, 0.717) is 5.75 Å². The monoisotopic (exact) mass is 452 g/mol. The van der Waals surface area contributed by atoms with Crippen molar-refractivity contribution >= 4 is 48.1 Å². The molecule has 0 aromatic carbocycles. The molecule has 29 heavy (non-hydrogen) atoms. The Morgan fingerprint density at radius 1 is 1.00 bits per heavy atom. The summed E-state index contributed by atoms with van der Waals surface area (Å²) in [5.41, 5.74) is 5.75. The third-order valence-electron chi connectivity index (χ3n) is 4.12. The van der Waals surface area contributed by atoms with Crippen molar-refractivity contribution in [3.05, 3.63) is 0 Å². The van der Waals surface area contributed by atoms with Gasteiger partial charge in [0.25, 0.3) is 0 Å². The summed E-state index contributed by atoms with van der Waals surface area (Å²) in [4.78, 5) is 48.3. The van der Waals surface area contributed by atoms with Crippen molar-refractivity contribution in [1.82, 2.24) is 16.0 Å². The molecule has 0 aliphatic carbocycles. The summed E-state index contributed by atoms with van der Waals surface area (Å²) < 4.78 is 0. The topological polar surface area (TPSA) is 171 Å². The van der Waals surface area contributed by atoms with Gasteiger partial charge in [-0.25, -0.2) is 4.79 Å². The molecule has 0 fully saturated rings. The maximum atomic E-state index is 12.5. The number of hydrogen-bond acceptors (Lipinski definition) is 8. The zero-order valence-electron chi connectivity index (χ0n) is 17.0. The van der Waals surface area contributed by atoms with Crippen molar-refractivity contribution in [2.75, 3.05) is 17.8 Å². The van der Waals surface area contributed by atoms with Crippen LogP contribution in [-0.4, -0.2) is 81.9 Å². The molecule has 5 atom stereocenters. The lowest BCUT2D eigenvalue weighted by atomic mass is 10.0. The Balaban J connectivity index is 5.15. The molecule has 3 amide bonds. The van der Waals surface area contributed by atoms with Crippen LogP contribution in [0.3, 0.4) is 0 Å². The molecule has 0 aromatic heterocycles. The van der Waals surface area contributed by atoms with Crippen molar-refractivity contribution in [2.45, 2.75) is 57.5 Å². The summed E-state index contributed by atoms with van der Waals surface area (Å²) in [5.74, 6) is -3.06. The molecule has 0 radical (unpaired) electrons. The molecule has 0 heterocycles. The van der Waals surface area contributed by atoms with Crippen molar-refractivity contribution < 1.29 is 29.4 Å². The Hall–Kier alpha value is -1.50. The largest absolute Gasteiger partial charge is 0.480 e. The van der Waals surface area contributed by atoms with Crippen LogP contribution in [0.1, 0.15) is 27.2 Å². The Morgan fingerprint density at radius 3 is 1.97 bits per heavy atom. The van der Waals surface area contributed by atoms with Gasteiger partial charge in [-0.1, -0.05) is 13.8 Å². The number of carbonyl (C=O) groups excluding carboxylic acids is 3. The van der Waals surface area contributed by atoms with E-state index >= 15 is 0 Å². The number of thioether (sulfide) groups is 1. The molecule has 0 spiro atoms. The number of aliphatic hydroxyl groups excluding tert-OH is 1. The van der Waals surface area contributed by atoms with E-state index in [1.807, 2.05) is 0 Å². The fourth-order valence-electron chi connectivity index (χ4n) is 2.18. The highest BCUT2D eigenvalue weighted by atomic mass is 32.2. The van der Waals surface area contributed by atoms with Crippen LogP contribution in [0.4, 0.5) is 0 Å². The van der Waals surface area contributed by atoms with Crippen molar-refractivity contribution in [1.29, 1.82) is 0 Å². The minimum Gasteiger partial charge on any atom is -0.480 e.